The first-order chi connectivity index (χ1) is 7.74. The maximum absolute atomic E-state index is 11.5. The van der Waals surface area contributed by atoms with Crippen LogP contribution in [0.25, 0.3) is 0 Å². The van der Waals surface area contributed by atoms with Crippen LogP contribution in [-0.4, -0.2) is 18.4 Å². The summed E-state index contributed by atoms with van der Waals surface area (Å²) in [5.41, 5.74) is 4.17. The Balaban J connectivity index is 1.97. The van der Waals surface area contributed by atoms with Gasteiger partial charge in [0, 0.05) is 31.1 Å². The smallest absolute Gasteiger partial charge is 0.136 e. The lowest BCUT2D eigenvalue weighted by Gasteiger charge is -2.41. The fourth-order valence-corrected chi connectivity index (χ4v) is 2.99. The molecule has 0 N–H and O–H groups in total. The molecule has 0 bridgehead atoms. The first kappa shape index (κ1) is 9.88. The lowest BCUT2D eigenvalue weighted by Crippen LogP contribution is -2.45. The van der Waals surface area contributed by atoms with Gasteiger partial charge < -0.3 is 4.90 Å². The van der Waals surface area contributed by atoms with Gasteiger partial charge in [-0.15, -0.1) is 0 Å². The molecular formula is C14H17NO. The zero-order chi connectivity index (χ0) is 11.1. The average molecular weight is 215 g/mol. The van der Waals surface area contributed by atoms with Crippen LogP contribution in [0.5, 0.6) is 0 Å². The zero-order valence-electron chi connectivity index (χ0n) is 9.70. The van der Waals surface area contributed by atoms with E-state index in [1.54, 1.807) is 0 Å². The van der Waals surface area contributed by atoms with Crippen LogP contribution >= 0.6 is 0 Å². The summed E-state index contributed by atoms with van der Waals surface area (Å²) in [7, 11) is 0. The molecule has 1 aromatic carbocycles. The number of hydrogen-bond donors (Lipinski definition) is 0. The molecule has 2 heteroatoms. The number of carbonyl (C=O) groups is 1. The molecule has 2 aliphatic heterocycles. The fourth-order valence-electron chi connectivity index (χ4n) is 2.99. The van der Waals surface area contributed by atoms with E-state index in [4.69, 9.17) is 0 Å². The standard InChI is InChI=1S/C14H17NO/c1-10-2-5-14-11(8-10)3-4-12-9-13(16)6-7-15(12)14/h2,5,8,12H,3-4,6-7,9H2,1H3/t12-/m1/s1. The molecule has 1 aromatic rings. The molecule has 0 radical (unpaired) electrons. The average Bonchev–Trinajstić information content (AvgIpc) is 2.28. The number of hydrogen-bond acceptors (Lipinski definition) is 2. The summed E-state index contributed by atoms with van der Waals surface area (Å²) in [6.45, 7) is 3.06. The van der Waals surface area contributed by atoms with E-state index in [0.29, 0.717) is 11.8 Å². The monoisotopic (exact) mass is 215 g/mol. The Morgan fingerprint density at radius 2 is 2.19 bits per heavy atom. The second-order valence-electron chi connectivity index (χ2n) is 5.01. The van der Waals surface area contributed by atoms with Gasteiger partial charge >= 0.3 is 0 Å². The van der Waals surface area contributed by atoms with Gasteiger partial charge in [0.2, 0.25) is 0 Å². The Hall–Kier alpha value is -1.31. The minimum absolute atomic E-state index is 0.441. The molecular weight excluding hydrogens is 198 g/mol. The van der Waals surface area contributed by atoms with Crippen molar-refractivity contribution in [2.75, 3.05) is 11.4 Å². The van der Waals surface area contributed by atoms with Gasteiger partial charge in [-0.25, -0.2) is 0 Å². The molecule has 0 unspecified atom stereocenters. The fraction of sp³-hybridized carbons (Fsp3) is 0.500. The van der Waals surface area contributed by atoms with Gasteiger partial charge in [0.1, 0.15) is 5.78 Å². The highest BCUT2D eigenvalue weighted by molar-refractivity contribution is 5.82. The van der Waals surface area contributed by atoms with Gasteiger partial charge in [0.15, 0.2) is 0 Å². The molecule has 0 aliphatic carbocycles. The molecule has 2 heterocycles. The third kappa shape index (κ3) is 1.53. The molecule has 2 nitrogen and oxygen atoms in total. The molecule has 0 spiro atoms. The first-order valence-electron chi connectivity index (χ1n) is 6.12. The quantitative estimate of drug-likeness (QED) is 0.662. The van der Waals surface area contributed by atoms with Crippen LogP contribution in [0.3, 0.4) is 0 Å². The van der Waals surface area contributed by atoms with Crippen LogP contribution in [0.1, 0.15) is 30.4 Å². The third-order valence-corrected chi connectivity index (χ3v) is 3.83. The van der Waals surface area contributed by atoms with Crippen LogP contribution in [-0.2, 0) is 11.2 Å². The van der Waals surface area contributed by atoms with Gasteiger partial charge in [-0.3, -0.25) is 4.79 Å². The summed E-state index contributed by atoms with van der Waals surface area (Å²) < 4.78 is 0. The largest absolute Gasteiger partial charge is 0.367 e. The Morgan fingerprint density at radius 1 is 1.31 bits per heavy atom. The van der Waals surface area contributed by atoms with Crippen molar-refractivity contribution in [3.05, 3.63) is 29.3 Å². The molecule has 0 aromatic heterocycles. The Labute approximate surface area is 96.3 Å². The number of piperidine rings is 1. The molecule has 1 fully saturated rings. The van der Waals surface area contributed by atoms with E-state index in [1.807, 2.05) is 0 Å². The van der Waals surface area contributed by atoms with Gasteiger partial charge in [-0.05, 0) is 31.4 Å². The highest BCUT2D eigenvalue weighted by atomic mass is 16.1. The normalized spacial score (nSPS) is 23.9. The van der Waals surface area contributed by atoms with Gasteiger partial charge in [-0.1, -0.05) is 17.7 Å². The van der Waals surface area contributed by atoms with Crippen molar-refractivity contribution in [1.82, 2.24) is 0 Å². The third-order valence-electron chi connectivity index (χ3n) is 3.83. The summed E-state index contributed by atoms with van der Waals surface area (Å²) in [6.07, 6.45) is 3.75. The molecule has 0 amide bonds. The molecule has 1 saturated heterocycles. The predicted octanol–water partition coefficient (Wildman–Crippen LogP) is 2.48. The minimum Gasteiger partial charge on any atom is -0.367 e. The molecule has 1 atom stereocenters. The van der Waals surface area contributed by atoms with E-state index in [2.05, 4.69) is 30.0 Å². The maximum atomic E-state index is 11.5. The second-order valence-corrected chi connectivity index (χ2v) is 5.01. The van der Waals surface area contributed by atoms with Gasteiger partial charge in [0.25, 0.3) is 0 Å². The van der Waals surface area contributed by atoms with Crippen molar-refractivity contribution in [2.24, 2.45) is 0 Å². The van der Waals surface area contributed by atoms with Crippen molar-refractivity contribution in [3.8, 4) is 0 Å². The van der Waals surface area contributed by atoms with Crippen LogP contribution in [0.4, 0.5) is 5.69 Å². The number of ketones is 1. The van der Waals surface area contributed by atoms with E-state index < -0.39 is 0 Å². The minimum atomic E-state index is 0.441. The summed E-state index contributed by atoms with van der Waals surface area (Å²) in [5.74, 6) is 0.441. The number of carbonyl (C=O) groups excluding carboxylic acids is 1. The number of aryl methyl sites for hydroxylation is 2. The lowest BCUT2D eigenvalue weighted by molar-refractivity contribution is -0.120. The molecule has 16 heavy (non-hydrogen) atoms. The summed E-state index contributed by atoms with van der Waals surface area (Å²) >= 11 is 0. The molecule has 2 aliphatic rings. The number of rotatable bonds is 0. The van der Waals surface area contributed by atoms with E-state index >= 15 is 0 Å². The topological polar surface area (TPSA) is 20.3 Å². The lowest BCUT2D eigenvalue weighted by atomic mass is 9.88. The molecule has 84 valence electrons. The highest BCUT2D eigenvalue weighted by Crippen LogP contribution is 2.34. The Kier molecular flexibility index (Phi) is 2.23. The number of nitrogens with zero attached hydrogens (tertiary/aromatic N) is 1. The van der Waals surface area contributed by atoms with Crippen molar-refractivity contribution in [3.63, 3.8) is 0 Å². The number of Topliss-reactive ketones (excluding diaryl/α,β-unsaturated/α-hetero) is 1. The van der Waals surface area contributed by atoms with Gasteiger partial charge in [-0.2, -0.15) is 0 Å². The van der Waals surface area contributed by atoms with E-state index in [9.17, 15) is 4.79 Å². The number of fused-ring (bicyclic) bond motifs is 3. The van der Waals surface area contributed by atoms with Gasteiger partial charge in [0.05, 0.1) is 0 Å². The van der Waals surface area contributed by atoms with Crippen LogP contribution in [0.2, 0.25) is 0 Å². The second kappa shape index (κ2) is 3.62. The van der Waals surface area contributed by atoms with Crippen molar-refractivity contribution >= 4 is 11.5 Å². The first-order valence-corrected chi connectivity index (χ1v) is 6.12. The van der Waals surface area contributed by atoms with Crippen LogP contribution in [0.15, 0.2) is 18.2 Å². The Bertz CT molecular complexity index is 438. The van der Waals surface area contributed by atoms with Crippen LogP contribution < -0.4 is 4.90 Å². The summed E-state index contributed by atoms with van der Waals surface area (Å²) in [5, 5.41) is 0. The highest BCUT2D eigenvalue weighted by Gasteiger charge is 2.31. The van der Waals surface area contributed by atoms with E-state index in [1.165, 1.54) is 16.8 Å². The predicted molar refractivity (Wildman–Crippen MR) is 64.9 cm³/mol. The van der Waals surface area contributed by atoms with Crippen molar-refractivity contribution < 1.29 is 4.79 Å². The molecule has 3 rings (SSSR count). The number of anilines is 1. The summed E-state index contributed by atoms with van der Waals surface area (Å²) in [4.78, 5) is 13.9. The van der Waals surface area contributed by atoms with E-state index in [-0.39, 0.29) is 0 Å². The van der Waals surface area contributed by atoms with Crippen LogP contribution in [0, 0.1) is 6.92 Å². The van der Waals surface area contributed by atoms with Crippen molar-refractivity contribution in [1.29, 1.82) is 0 Å². The maximum Gasteiger partial charge on any atom is 0.136 e. The summed E-state index contributed by atoms with van der Waals surface area (Å²) in [6, 6.07) is 7.17. The molecule has 0 saturated carbocycles. The zero-order valence-corrected chi connectivity index (χ0v) is 9.70. The number of benzene rings is 1. The SMILES string of the molecule is Cc1ccc2c(c1)CC[C@@H]1CC(=O)CCN21. The van der Waals surface area contributed by atoms with E-state index in [0.717, 1.165) is 32.2 Å². The van der Waals surface area contributed by atoms with Crippen molar-refractivity contribution in [2.45, 2.75) is 38.6 Å². The Morgan fingerprint density at radius 3 is 3.06 bits per heavy atom.